The summed E-state index contributed by atoms with van der Waals surface area (Å²) < 4.78 is 18.2. The first kappa shape index (κ1) is 23.0. The number of fused-ring (bicyclic) bond motifs is 5. The molecule has 7 heteroatoms. The van der Waals surface area contributed by atoms with Crippen molar-refractivity contribution in [2.24, 2.45) is 0 Å². The quantitative estimate of drug-likeness (QED) is 0.481. The topological polar surface area (TPSA) is 87.0 Å². The molecule has 0 saturated heterocycles. The van der Waals surface area contributed by atoms with Crippen LogP contribution in [0.5, 0.6) is 11.5 Å². The predicted octanol–water partition coefficient (Wildman–Crippen LogP) is 5.64. The molecule has 182 valence electrons. The van der Waals surface area contributed by atoms with Gasteiger partial charge in [-0.05, 0) is 60.2 Å². The average Bonchev–Trinajstić information content (AvgIpc) is 3.10. The van der Waals surface area contributed by atoms with Crippen LogP contribution in [0.25, 0.3) is 28.2 Å². The smallest absolute Gasteiger partial charge is 0.337 e. The Kier molecular flexibility index (Phi) is 6.01. The van der Waals surface area contributed by atoms with Gasteiger partial charge in [-0.15, -0.1) is 0 Å². The Hall–Kier alpha value is -3.74. The number of carboxylic acid groups (broad SMARTS) is 1. The van der Waals surface area contributed by atoms with E-state index >= 15 is 0 Å². The van der Waals surface area contributed by atoms with Crippen molar-refractivity contribution in [1.29, 1.82) is 0 Å². The summed E-state index contributed by atoms with van der Waals surface area (Å²) in [5.74, 6) is 0.0720. The minimum absolute atomic E-state index is 0.178. The van der Waals surface area contributed by atoms with E-state index in [0.717, 1.165) is 53.4 Å². The number of methoxy groups -OCH3 is 3. The minimum Gasteiger partial charge on any atom is -0.493 e. The Morgan fingerprint density at radius 1 is 0.971 bits per heavy atom. The van der Waals surface area contributed by atoms with Crippen LogP contribution in [0.3, 0.4) is 0 Å². The summed E-state index contributed by atoms with van der Waals surface area (Å²) in [7, 11) is 4.53. The predicted molar refractivity (Wildman–Crippen MR) is 133 cm³/mol. The van der Waals surface area contributed by atoms with Gasteiger partial charge in [0.25, 0.3) is 0 Å². The second-order valence-corrected chi connectivity index (χ2v) is 9.18. The summed E-state index contributed by atoms with van der Waals surface area (Å²) in [5.41, 5.74) is 5.39. The molecule has 3 aromatic rings. The number of hydrogen-bond donors (Lipinski definition) is 1. The highest BCUT2D eigenvalue weighted by molar-refractivity contribution is 6.02. The second kappa shape index (κ2) is 9.13. The monoisotopic (exact) mass is 475 g/mol. The van der Waals surface area contributed by atoms with Crippen LogP contribution < -0.4 is 9.47 Å². The van der Waals surface area contributed by atoms with Crippen LogP contribution in [0.1, 0.15) is 59.5 Å². The number of aromatic nitrogens is 1. The van der Waals surface area contributed by atoms with Gasteiger partial charge in [0.1, 0.15) is 0 Å². The number of nitrogens with zero attached hydrogens (tertiary/aromatic N) is 1. The number of carbonyl (C=O) groups is 2. The van der Waals surface area contributed by atoms with Crippen LogP contribution in [0.15, 0.2) is 35.9 Å². The molecule has 2 heterocycles. The molecule has 5 rings (SSSR count). The zero-order valence-corrected chi connectivity index (χ0v) is 20.2. The highest BCUT2D eigenvalue weighted by atomic mass is 16.5. The van der Waals surface area contributed by atoms with Gasteiger partial charge in [-0.1, -0.05) is 25.3 Å². The van der Waals surface area contributed by atoms with Crippen LogP contribution in [0, 0.1) is 0 Å². The first-order valence-corrected chi connectivity index (χ1v) is 11.9. The van der Waals surface area contributed by atoms with Crippen molar-refractivity contribution in [3.63, 3.8) is 0 Å². The van der Waals surface area contributed by atoms with E-state index in [2.05, 4.69) is 0 Å². The van der Waals surface area contributed by atoms with E-state index in [-0.39, 0.29) is 12.1 Å². The molecule has 0 spiro atoms. The molecule has 0 radical (unpaired) electrons. The number of carboxylic acids is 1. The molecule has 1 N–H and O–H groups in total. The zero-order valence-electron chi connectivity index (χ0n) is 20.2. The maximum absolute atomic E-state index is 12.4. The highest BCUT2D eigenvalue weighted by Gasteiger charge is 2.31. The lowest BCUT2D eigenvalue weighted by Crippen LogP contribution is -2.10. The third kappa shape index (κ3) is 3.85. The van der Waals surface area contributed by atoms with Gasteiger partial charge < -0.3 is 23.9 Å². The van der Waals surface area contributed by atoms with Crippen molar-refractivity contribution in [3.05, 3.63) is 52.6 Å². The summed E-state index contributed by atoms with van der Waals surface area (Å²) in [6.45, 7) is 0.178. The number of esters is 1. The molecule has 1 aliphatic carbocycles. The van der Waals surface area contributed by atoms with Crippen LogP contribution in [0.4, 0.5) is 0 Å². The first-order chi connectivity index (χ1) is 17.0. The van der Waals surface area contributed by atoms with Gasteiger partial charge >= 0.3 is 11.9 Å². The van der Waals surface area contributed by atoms with E-state index in [4.69, 9.17) is 14.2 Å². The van der Waals surface area contributed by atoms with Crippen molar-refractivity contribution in [3.8, 4) is 22.8 Å². The molecule has 0 unspecified atom stereocenters. The molecule has 0 atom stereocenters. The Morgan fingerprint density at radius 2 is 1.69 bits per heavy atom. The maximum atomic E-state index is 12.4. The first-order valence-electron chi connectivity index (χ1n) is 11.9. The number of aliphatic carboxylic acids is 1. The van der Waals surface area contributed by atoms with Gasteiger partial charge in [0.15, 0.2) is 11.5 Å². The number of ether oxygens (including phenoxy) is 3. The lowest BCUT2D eigenvalue weighted by molar-refractivity contribution is -0.132. The van der Waals surface area contributed by atoms with E-state index < -0.39 is 11.9 Å². The molecule has 1 fully saturated rings. The number of rotatable bonds is 5. The Bertz CT molecular complexity index is 1360. The van der Waals surface area contributed by atoms with Crippen molar-refractivity contribution in [1.82, 2.24) is 4.57 Å². The normalized spacial score (nSPS) is 15.6. The molecule has 2 aromatic carbocycles. The number of benzene rings is 2. The van der Waals surface area contributed by atoms with E-state index in [1.807, 2.05) is 28.8 Å². The SMILES string of the molecule is COC(=O)c1ccc2c(C3CCCCC3)c3n(c2c1)CC(C(=O)O)=Cc1cc(OC)c(OC)cc1-3. The van der Waals surface area contributed by atoms with Crippen molar-refractivity contribution in [2.45, 2.75) is 44.6 Å². The van der Waals surface area contributed by atoms with E-state index in [1.165, 1.54) is 19.1 Å². The van der Waals surface area contributed by atoms with Crippen LogP contribution >= 0.6 is 0 Å². The van der Waals surface area contributed by atoms with Crippen molar-refractivity contribution in [2.75, 3.05) is 21.3 Å². The van der Waals surface area contributed by atoms with Gasteiger partial charge in [-0.25, -0.2) is 9.59 Å². The van der Waals surface area contributed by atoms with E-state index in [1.54, 1.807) is 26.4 Å². The molecule has 2 aliphatic rings. The largest absolute Gasteiger partial charge is 0.493 e. The van der Waals surface area contributed by atoms with Gasteiger partial charge in [0.05, 0.1) is 44.7 Å². The highest BCUT2D eigenvalue weighted by Crippen LogP contribution is 2.48. The lowest BCUT2D eigenvalue weighted by atomic mass is 9.81. The molecule has 35 heavy (non-hydrogen) atoms. The third-order valence-corrected chi connectivity index (χ3v) is 7.28. The Balaban J connectivity index is 1.89. The molecule has 1 aromatic heterocycles. The minimum atomic E-state index is -0.983. The average molecular weight is 476 g/mol. The Morgan fingerprint density at radius 3 is 2.34 bits per heavy atom. The number of carbonyl (C=O) groups excluding carboxylic acids is 1. The standard InChI is InChI=1S/C28H29NO6/c1-33-23-13-18-11-19(27(30)31)15-29-22-12-17(28(32)35-3)9-10-20(22)25(16-7-5-4-6-8-16)26(29)21(18)14-24(23)34-2/h9-14,16H,4-8,15H2,1-3H3,(H,30,31). The van der Waals surface area contributed by atoms with Crippen molar-refractivity contribution >= 4 is 28.9 Å². The molecular formula is C28H29NO6. The van der Waals surface area contributed by atoms with Gasteiger partial charge in [0.2, 0.25) is 0 Å². The van der Waals surface area contributed by atoms with Crippen LogP contribution in [0.2, 0.25) is 0 Å². The maximum Gasteiger partial charge on any atom is 0.337 e. The molecule has 0 amide bonds. The fraction of sp³-hybridized carbons (Fsp3) is 0.357. The molecular weight excluding hydrogens is 446 g/mol. The summed E-state index contributed by atoms with van der Waals surface area (Å²) in [4.78, 5) is 24.6. The second-order valence-electron chi connectivity index (χ2n) is 9.18. The van der Waals surface area contributed by atoms with Crippen LogP contribution in [-0.2, 0) is 16.1 Å². The summed E-state index contributed by atoms with van der Waals surface area (Å²) in [5, 5.41) is 11.1. The summed E-state index contributed by atoms with van der Waals surface area (Å²) >= 11 is 0. The van der Waals surface area contributed by atoms with Crippen LogP contribution in [-0.4, -0.2) is 42.9 Å². The van der Waals surface area contributed by atoms with E-state index in [0.29, 0.717) is 23.0 Å². The molecule has 0 bridgehead atoms. The fourth-order valence-electron chi connectivity index (χ4n) is 5.63. The third-order valence-electron chi connectivity index (χ3n) is 7.28. The van der Waals surface area contributed by atoms with Gasteiger partial charge in [-0.3, -0.25) is 0 Å². The zero-order chi connectivity index (χ0) is 24.7. The molecule has 1 saturated carbocycles. The fourth-order valence-corrected chi connectivity index (χ4v) is 5.63. The summed E-state index contributed by atoms with van der Waals surface area (Å²) in [6, 6.07) is 9.38. The Labute approximate surface area is 203 Å². The van der Waals surface area contributed by atoms with Crippen molar-refractivity contribution < 1.29 is 28.9 Å². The van der Waals surface area contributed by atoms with Gasteiger partial charge in [-0.2, -0.15) is 0 Å². The molecule has 7 nitrogen and oxygen atoms in total. The number of hydrogen-bond acceptors (Lipinski definition) is 5. The summed E-state index contributed by atoms with van der Waals surface area (Å²) in [6.07, 6.45) is 7.42. The molecule has 1 aliphatic heterocycles. The van der Waals surface area contributed by atoms with Gasteiger partial charge in [0, 0.05) is 16.5 Å². The lowest BCUT2D eigenvalue weighted by Gasteiger charge is -2.24. The van der Waals surface area contributed by atoms with E-state index in [9.17, 15) is 14.7 Å².